The first-order valence-electron chi connectivity index (χ1n) is 13.9. The number of fused-ring (bicyclic) bond motifs is 2. The molecule has 0 spiro atoms. The Hall–Kier alpha value is -2.77. The highest BCUT2D eigenvalue weighted by Crippen LogP contribution is 2.34. The highest BCUT2D eigenvalue weighted by atomic mass is 127. The summed E-state index contributed by atoms with van der Waals surface area (Å²) in [6, 6.07) is 7.14. The zero-order valence-electron chi connectivity index (χ0n) is 25.3. The fourth-order valence-electron chi connectivity index (χ4n) is 4.92. The standard InChI is InChI=1S/C27H32F2N8.C2H6.CH3I/c1-16(2)26-23-21(34-36(26)5)8-7-18(24(23)29)25-19(28)14-30-27(33-25)32-22-9-6-17-15-37(13-12-35(3)4)11-10-20(17)31-22;2*1-2/h6-9,14,16H,10-13,15H2,1-5H3,(H,30,31,32,33);1-2H3;1H3. The Morgan fingerprint density at radius 1 is 1.07 bits per heavy atom. The molecule has 8 nitrogen and oxygen atoms in total. The summed E-state index contributed by atoms with van der Waals surface area (Å²) in [4.78, 5) is 19.7. The van der Waals surface area contributed by atoms with Crippen LogP contribution in [0.1, 0.15) is 50.6 Å². The molecule has 0 bridgehead atoms. The van der Waals surface area contributed by atoms with Gasteiger partial charge in [-0.25, -0.2) is 23.7 Å². The van der Waals surface area contributed by atoms with Crippen molar-refractivity contribution >= 4 is 45.3 Å². The molecule has 41 heavy (non-hydrogen) atoms. The summed E-state index contributed by atoms with van der Waals surface area (Å²) >= 11 is 2.15. The number of benzene rings is 1. The van der Waals surface area contributed by atoms with E-state index in [1.54, 1.807) is 17.8 Å². The van der Waals surface area contributed by atoms with Gasteiger partial charge in [-0.15, -0.1) is 0 Å². The molecule has 4 aromatic rings. The summed E-state index contributed by atoms with van der Waals surface area (Å²) in [6.45, 7) is 11.8. The molecule has 0 saturated heterocycles. The van der Waals surface area contributed by atoms with Gasteiger partial charge in [0.2, 0.25) is 5.95 Å². The molecule has 1 aliphatic heterocycles. The summed E-state index contributed by atoms with van der Waals surface area (Å²) in [7, 11) is 5.94. The van der Waals surface area contributed by atoms with Crippen molar-refractivity contribution in [2.24, 2.45) is 7.05 Å². The van der Waals surface area contributed by atoms with E-state index in [1.807, 2.05) is 38.7 Å². The van der Waals surface area contributed by atoms with Crippen LogP contribution in [0.5, 0.6) is 0 Å². The van der Waals surface area contributed by atoms with Gasteiger partial charge < -0.3 is 10.2 Å². The van der Waals surface area contributed by atoms with Crippen molar-refractivity contribution in [1.82, 2.24) is 34.5 Å². The molecule has 1 aromatic carbocycles. The van der Waals surface area contributed by atoms with Crippen LogP contribution in [0.2, 0.25) is 0 Å². The van der Waals surface area contributed by atoms with E-state index in [2.05, 4.69) is 72.9 Å². The first kappa shape index (κ1) is 32.7. The van der Waals surface area contributed by atoms with Gasteiger partial charge >= 0.3 is 0 Å². The molecular weight excluding hydrogens is 637 g/mol. The third-order valence-corrected chi connectivity index (χ3v) is 6.76. The number of aromatic nitrogens is 5. The molecule has 4 heterocycles. The predicted molar refractivity (Wildman–Crippen MR) is 172 cm³/mol. The van der Waals surface area contributed by atoms with E-state index >= 15 is 4.39 Å². The lowest BCUT2D eigenvalue weighted by molar-refractivity contribution is 0.224. The largest absolute Gasteiger partial charge is 0.309 e. The second kappa shape index (κ2) is 14.9. The van der Waals surface area contributed by atoms with Crippen LogP contribution in [0.3, 0.4) is 0 Å². The highest BCUT2D eigenvalue weighted by molar-refractivity contribution is 14.1. The second-order valence-electron chi connectivity index (χ2n) is 10.1. The molecule has 222 valence electrons. The molecule has 0 saturated carbocycles. The Morgan fingerprint density at radius 3 is 2.49 bits per heavy atom. The smallest absolute Gasteiger partial charge is 0.229 e. The van der Waals surface area contributed by atoms with E-state index in [4.69, 9.17) is 4.98 Å². The molecular formula is C30H41F2IN8. The zero-order valence-corrected chi connectivity index (χ0v) is 27.4. The van der Waals surface area contributed by atoms with Gasteiger partial charge in [0.1, 0.15) is 17.3 Å². The molecule has 3 aromatic heterocycles. The number of nitrogens with zero attached hydrogens (tertiary/aromatic N) is 7. The first-order chi connectivity index (χ1) is 19.7. The summed E-state index contributed by atoms with van der Waals surface area (Å²) in [6.07, 6.45) is 1.91. The average molecular weight is 679 g/mol. The third-order valence-electron chi connectivity index (χ3n) is 6.76. The van der Waals surface area contributed by atoms with Crippen molar-refractivity contribution in [1.29, 1.82) is 0 Å². The molecule has 0 unspecified atom stereocenters. The lowest BCUT2D eigenvalue weighted by Gasteiger charge is -2.29. The lowest BCUT2D eigenvalue weighted by Crippen LogP contribution is -2.36. The van der Waals surface area contributed by atoms with Crippen molar-refractivity contribution in [2.45, 2.75) is 46.6 Å². The summed E-state index contributed by atoms with van der Waals surface area (Å²) in [5.74, 6) is -0.466. The van der Waals surface area contributed by atoms with E-state index in [-0.39, 0.29) is 23.1 Å². The summed E-state index contributed by atoms with van der Waals surface area (Å²) in [5, 5.41) is 7.87. The van der Waals surface area contributed by atoms with Gasteiger partial charge in [-0.1, -0.05) is 56.4 Å². The van der Waals surface area contributed by atoms with E-state index in [0.29, 0.717) is 16.7 Å². The van der Waals surface area contributed by atoms with E-state index in [0.717, 1.165) is 50.2 Å². The molecule has 0 fully saturated rings. The second-order valence-corrected chi connectivity index (χ2v) is 10.1. The number of pyridine rings is 1. The molecule has 0 atom stereocenters. The van der Waals surface area contributed by atoms with E-state index in [1.165, 1.54) is 11.6 Å². The monoisotopic (exact) mass is 678 g/mol. The number of likely N-dealkylation sites (N-methyl/N-ethyl adjacent to an activating group) is 1. The number of hydrogen-bond acceptors (Lipinski definition) is 7. The Bertz CT molecular complexity index is 1450. The van der Waals surface area contributed by atoms with Crippen molar-refractivity contribution in [3.8, 4) is 11.3 Å². The highest BCUT2D eigenvalue weighted by Gasteiger charge is 2.22. The topological polar surface area (TPSA) is 75.0 Å². The quantitative estimate of drug-likeness (QED) is 0.175. The van der Waals surface area contributed by atoms with Crippen LogP contribution in [-0.4, -0.2) is 73.2 Å². The maximum absolute atomic E-state index is 15.7. The Kier molecular flexibility index (Phi) is 11.9. The van der Waals surface area contributed by atoms with Crippen LogP contribution < -0.4 is 5.32 Å². The number of nitrogens with one attached hydrogen (secondary N) is 1. The molecule has 0 aliphatic carbocycles. The van der Waals surface area contributed by atoms with Crippen LogP contribution in [-0.2, 0) is 20.0 Å². The van der Waals surface area contributed by atoms with Gasteiger partial charge in [-0.2, -0.15) is 5.10 Å². The predicted octanol–water partition coefficient (Wildman–Crippen LogP) is 6.57. The minimum absolute atomic E-state index is 0.0439. The Morgan fingerprint density at radius 2 is 1.80 bits per heavy atom. The van der Waals surface area contributed by atoms with Crippen LogP contribution in [0.4, 0.5) is 20.5 Å². The van der Waals surface area contributed by atoms with Gasteiger partial charge in [0, 0.05) is 50.9 Å². The van der Waals surface area contributed by atoms with Crippen molar-refractivity contribution in [3.05, 3.63) is 59.0 Å². The van der Waals surface area contributed by atoms with Crippen molar-refractivity contribution < 1.29 is 8.78 Å². The van der Waals surface area contributed by atoms with Gasteiger partial charge in [0.05, 0.1) is 22.8 Å². The van der Waals surface area contributed by atoms with Gasteiger partial charge in [-0.3, -0.25) is 9.58 Å². The van der Waals surface area contributed by atoms with Crippen LogP contribution in [0, 0.1) is 11.6 Å². The fourth-order valence-corrected chi connectivity index (χ4v) is 4.92. The summed E-state index contributed by atoms with van der Waals surface area (Å²) < 4.78 is 32.3. The number of hydrogen-bond donors (Lipinski definition) is 1. The van der Waals surface area contributed by atoms with E-state index < -0.39 is 11.6 Å². The van der Waals surface area contributed by atoms with Gasteiger partial charge in [-0.05, 0) is 48.7 Å². The molecule has 1 aliphatic rings. The van der Waals surface area contributed by atoms with Crippen molar-refractivity contribution in [3.63, 3.8) is 0 Å². The van der Waals surface area contributed by atoms with Gasteiger partial charge in [0.15, 0.2) is 5.82 Å². The number of alkyl halides is 1. The number of aryl methyl sites for hydroxylation is 1. The SMILES string of the molecule is CC.CC(C)c1c2c(F)c(-c3nc(Nc4ccc5c(n4)CCN(CCN(C)C)C5)ncc3F)ccc2nn1C.CI. The van der Waals surface area contributed by atoms with Crippen LogP contribution >= 0.6 is 22.6 Å². The molecule has 0 amide bonds. The minimum atomic E-state index is -0.699. The number of anilines is 2. The van der Waals surface area contributed by atoms with E-state index in [9.17, 15) is 4.39 Å². The lowest BCUT2D eigenvalue weighted by atomic mass is 10.0. The number of halogens is 3. The Balaban J connectivity index is 0.00000111. The number of rotatable bonds is 7. The van der Waals surface area contributed by atoms with Crippen molar-refractivity contribution in [2.75, 3.05) is 44.0 Å². The minimum Gasteiger partial charge on any atom is -0.309 e. The molecule has 0 radical (unpaired) electrons. The van der Waals surface area contributed by atoms with Gasteiger partial charge in [0.25, 0.3) is 0 Å². The maximum atomic E-state index is 15.7. The normalized spacial score (nSPS) is 13.0. The zero-order chi connectivity index (χ0) is 30.3. The Labute approximate surface area is 255 Å². The molecule has 5 rings (SSSR count). The first-order valence-corrected chi connectivity index (χ1v) is 16.1. The molecule has 11 heteroatoms. The van der Waals surface area contributed by atoms with Crippen LogP contribution in [0.25, 0.3) is 22.2 Å². The molecule has 1 N–H and O–H groups in total. The average Bonchev–Trinajstić information content (AvgIpc) is 3.32. The fraction of sp³-hybridized carbons (Fsp3) is 0.467. The third kappa shape index (κ3) is 7.55. The summed E-state index contributed by atoms with van der Waals surface area (Å²) in [5.41, 5.74) is 3.47. The maximum Gasteiger partial charge on any atom is 0.229 e. The van der Waals surface area contributed by atoms with Crippen LogP contribution in [0.15, 0.2) is 30.5 Å².